The molecule has 3 fully saturated rings. The summed E-state index contributed by atoms with van der Waals surface area (Å²) in [4.78, 5) is 16.9. The molecule has 29 heavy (non-hydrogen) atoms. The van der Waals surface area contributed by atoms with Crippen LogP contribution in [0.15, 0.2) is 22.6 Å². The molecule has 5 rings (SSSR count). The molecule has 1 N–H and O–H groups in total. The molecule has 2 aromatic rings. The highest BCUT2D eigenvalue weighted by atomic mass is 35.5. The van der Waals surface area contributed by atoms with Gasteiger partial charge in [-0.3, -0.25) is 4.79 Å². The third-order valence-corrected chi connectivity index (χ3v) is 8.95. The van der Waals surface area contributed by atoms with E-state index in [1.54, 1.807) is 0 Å². The van der Waals surface area contributed by atoms with Crippen LogP contribution < -0.4 is 5.32 Å². The third-order valence-electron chi connectivity index (χ3n) is 6.83. The molecule has 1 atom stereocenters. The lowest BCUT2D eigenvalue weighted by Crippen LogP contribution is -2.55. The lowest BCUT2D eigenvalue weighted by atomic mass is 9.50. The summed E-state index contributed by atoms with van der Waals surface area (Å²) in [5.74, 6) is 1.53. The molecule has 1 amide bonds. The zero-order chi connectivity index (χ0) is 20.2. The van der Waals surface area contributed by atoms with E-state index in [1.807, 2.05) is 18.2 Å². The molecule has 1 aromatic carbocycles. The SMILES string of the molecule is O=C(CC1CCCS(=O)(=O)C1)NC1CC2(C1)CC(c1nc3cc(Cl)ccc3o1)C2. The predicted molar refractivity (Wildman–Crippen MR) is 111 cm³/mol. The molecule has 0 bridgehead atoms. The Morgan fingerprint density at radius 3 is 2.83 bits per heavy atom. The number of benzene rings is 1. The second-order valence-electron chi connectivity index (χ2n) is 9.27. The van der Waals surface area contributed by atoms with Crippen LogP contribution in [-0.4, -0.2) is 36.9 Å². The van der Waals surface area contributed by atoms with Gasteiger partial charge in [0, 0.05) is 23.4 Å². The summed E-state index contributed by atoms with van der Waals surface area (Å²) in [5.41, 5.74) is 1.88. The first kappa shape index (κ1) is 19.4. The van der Waals surface area contributed by atoms with E-state index in [0.717, 1.165) is 49.1 Å². The van der Waals surface area contributed by atoms with E-state index < -0.39 is 9.84 Å². The molecule has 3 aliphatic rings. The highest BCUT2D eigenvalue weighted by Gasteiger charge is 2.54. The maximum Gasteiger partial charge on any atom is 0.220 e. The number of rotatable bonds is 4. The lowest BCUT2D eigenvalue weighted by molar-refractivity contribution is -0.125. The minimum Gasteiger partial charge on any atom is -0.440 e. The first-order chi connectivity index (χ1) is 13.8. The summed E-state index contributed by atoms with van der Waals surface area (Å²) < 4.78 is 29.4. The first-order valence-electron chi connectivity index (χ1n) is 10.4. The van der Waals surface area contributed by atoms with E-state index in [2.05, 4.69) is 10.3 Å². The van der Waals surface area contributed by atoms with Crippen molar-refractivity contribution in [1.29, 1.82) is 0 Å². The minimum absolute atomic E-state index is 0.00125. The molecule has 2 heterocycles. The number of halogens is 1. The zero-order valence-electron chi connectivity index (χ0n) is 16.2. The fourth-order valence-corrected chi connectivity index (χ4v) is 7.44. The van der Waals surface area contributed by atoms with Crippen LogP contribution in [-0.2, 0) is 14.6 Å². The Morgan fingerprint density at radius 2 is 2.07 bits per heavy atom. The van der Waals surface area contributed by atoms with Crippen LogP contribution in [0, 0.1) is 11.3 Å². The highest BCUT2D eigenvalue weighted by molar-refractivity contribution is 7.91. The van der Waals surface area contributed by atoms with E-state index in [1.165, 1.54) is 0 Å². The van der Waals surface area contributed by atoms with Crippen LogP contribution >= 0.6 is 11.6 Å². The molecule has 2 saturated carbocycles. The minimum atomic E-state index is -2.96. The van der Waals surface area contributed by atoms with Gasteiger partial charge in [-0.1, -0.05) is 11.6 Å². The molecule has 1 spiro atoms. The maximum absolute atomic E-state index is 12.3. The average molecular weight is 437 g/mol. The number of oxazole rings is 1. The van der Waals surface area contributed by atoms with Gasteiger partial charge in [-0.05, 0) is 68.1 Å². The monoisotopic (exact) mass is 436 g/mol. The van der Waals surface area contributed by atoms with Crippen LogP contribution in [0.25, 0.3) is 11.1 Å². The maximum atomic E-state index is 12.3. The number of sulfone groups is 1. The Balaban J connectivity index is 1.10. The van der Waals surface area contributed by atoms with Gasteiger partial charge in [0.05, 0.1) is 11.5 Å². The van der Waals surface area contributed by atoms with E-state index in [4.69, 9.17) is 16.0 Å². The molecule has 1 aromatic heterocycles. The summed E-state index contributed by atoms with van der Waals surface area (Å²) in [5, 5.41) is 3.77. The fraction of sp³-hybridized carbons (Fsp3) is 0.619. The number of fused-ring (bicyclic) bond motifs is 1. The van der Waals surface area contributed by atoms with Gasteiger partial charge in [0.2, 0.25) is 5.91 Å². The van der Waals surface area contributed by atoms with E-state index >= 15 is 0 Å². The molecule has 1 unspecified atom stereocenters. The van der Waals surface area contributed by atoms with Gasteiger partial charge < -0.3 is 9.73 Å². The molecular formula is C21H25ClN2O4S. The Labute approximate surface area is 175 Å². The first-order valence-corrected chi connectivity index (χ1v) is 12.5. The van der Waals surface area contributed by atoms with Crippen molar-refractivity contribution in [2.45, 2.75) is 56.9 Å². The normalized spacial score (nSPS) is 33.2. The molecule has 6 nitrogen and oxygen atoms in total. The van der Waals surface area contributed by atoms with Gasteiger partial charge in [0.15, 0.2) is 21.3 Å². The quantitative estimate of drug-likeness (QED) is 0.786. The number of hydrogen-bond donors (Lipinski definition) is 1. The van der Waals surface area contributed by atoms with Crippen LogP contribution in [0.2, 0.25) is 5.02 Å². The predicted octanol–water partition coefficient (Wildman–Crippen LogP) is 3.84. The molecule has 1 aliphatic heterocycles. The fourth-order valence-electron chi connectivity index (χ4n) is 5.50. The Morgan fingerprint density at radius 1 is 1.28 bits per heavy atom. The van der Waals surface area contributed by atoms with Crippen molar-refractivity contribution in [3.8, 4) is 0 Å². The summed E-state index contributed by atoms with van der Waals surface area (Å²) in [6, 6.07) is 5.70. The van der Waals surface area contributed by atoms with Crippen LogP contribution in [0.3, 0.4) is 0 Å². The van der Waals surface area contributed by atoms with Gasteiger partial charge in [-0.25, -0.2) is 13.4 Å². The van der Waals surface area contributed by atoms with Crippen molar-refractivity contribution >= 4 is 38.4 Å². The van der Waals surface area contributed by atoms with Gasteiger partial charge in [0.25, 0.3) is 0 Å². The number of nitrogens with one attached hydrogen (secondary N) is 1. The molecule has 8 heteroatoms. The standard InChI is InChI=1S/C21H25ClN2O4S/c22-15-3-4-18-17(7-15)24-20(28-18)14-8-21(9-14)10-16(11-21)23-19(25)6-13-2-1-5-29(26,27)12-13/h3-4,7,13-14,16H,1-2,5-6,8-12H2,(H,23,25). The van der Waals surface area contributed by atoms with E-state index in [0.29, 0.717) is 29.2 Å². The number of hydrogen-bond acceptors (Lipinski definition) is 5. The Bertz CT molecular complexity index is 1050. The molecule has 156 valence electrons. The van der Waals surface area contributed by atoms with Crippen LogP contribution in [0.1, 0.15) is 56.8 Å². The van der Waals surface area contributed by atoms with Crippen molar-refractivity contribution in [3.05, 3.63) is 29.1 Å². The Kier molecular flexibility index (Phi) is 4.66. The number of carbonyl (C=O) groups excluding carboxylic acids is 1. The average Bonchev–Trinajstić information content (AvgIpc) is 2.97. The van der Waals surface area contributed by atoms with Gasteiger partial charge in [-0.2, -0.15) is 0 Å². The summed E-state index contributed by atoms with van der Waals surface area (Å²) in [7, 11) is -2.96. The van der Waals surface area contributed by atoms with Crippen molar-refractivity contribution in [3.63, 3.8) is 0 Å². The Hall–Kier alpha value is -1.60. The van der Waals surface area contributed by atoms with Crippen molar-refractivity contribution in [2.75, 3.05) is 11.5 Å². The second-order valence-corrected chi connectivity index (χ2v) is 11.9. The summed E-state index contributed by atoms with van der Waals surface area (Å²) in [6.07, 6.45) is 5.90. The molecule has 0 radical (unpaired) electrons. The molecule has 2 aliphatic carbocycles. The second kappa shape index (κ2) is 6.98. The van der Waals surface area contributed by atoms with E-state index in [-0.39, 0.29) is 29.4 Å². The number of amides is 1. The number of nitrogens with zero attached hydrogens (tertiary/aromatic N) is 1. The zero-order valence-corrected chi connectivity index (χ0v) is 17.8. The van der Waals surface area contributed by atoms with Crippen molar-refractivity contribution in [1.82, 2.24) is 10.3 Å². The third kappa shape index (κ3) is 3.91. The van der Waals surface area contributed by atoms with Crippen LogP contribution in [0.5, 0.6) is 0 Å². The highest BCUT2D eigenvalue weighted by Crippen LogP contribution is 2.61. The number of carbonyl (C=O) groups is 1. The van der Waals surface area contributed by atoms with E-state index in [9.17, 15) is 13.2 Å². The summed E-state index contributed by atoms with van der Waals surface area (Å²) in [6.45, 7) is 0. The van der Waals surface area contributed by atoms with Gasteiger partial charge in [0.1, 0.15) is 5.52 Å². The largest absolute Gasteiger partial charge is 0.440 e. The van der Waals surface area contributed by atoms with Gasteiger partial charge in [-0.15, -0.1) is 0 Å². The summed E-state index contributed by atoms with van der Waals surface area (Å²) >= 11 is 6.02. The molecular weight excluding hydrogens is 412 g/mol. The van der Waals surface area contributed by atoms with Gasteiger partial charge >= 0.3 is 0 Å². The lowest BCUT2D eigenvalue weighted by Gasteiger charge is -2.57. The van der Waals surface area contributed by atoms with Crippen molar-refractivity contribution < 1.29 is 17.6 Å². The smallest absolute Gasteiger partial charge is 0.220 e. The topological polar surface area (TPSA) is 89.3 Å². The molecule has 1 saturated heterocycles. The van der Waals surface area contributed by atoms with Crippen LogP contribution in [0.4, 0.5) is 0 Å². The van der Waals surface area contributed by atoms with Crippen molar-refractivity contribution in [2.24, 2.45) is 11.3 Å². The number of aromatic nitrogens is 1.